The lowest BCUT2D eigenvalue weighted by Crippen LogP contribution is -2.07. The average molecular weight is 421 g/mol. The first-order valence-electron chi connectivity index (χ1n) is 8.19. The quantitative estimate of drug-likeness (QED) is 0.379. The highest BCUT2D eigenvalue weighted by Crippen LogP contribution is 2.39. The topological polar surface area (TPSA) is 81.2 Å². The molecule has 3 rings (SSSR count). The Labute approximate surface area is 167 Å². The van der Waals surface area contributed by atoms with Crippen molar-refractivity contribution in [1.82, 2.24) is 4.98 Å². The van der Waals surface area contributed by atoms with Crippen molar-refractivity contribution in [3.05, 3.63) is 58.9 Å². The van der Waals surface area contributed by atoms with Crippen LogP contribution < -0.4 is 15.2 Å². The molecule has 0 unspecified atom stereocenters. The molecule has 0 aliphatic heterocycles. The summed E-state index contributed by atoms with van der Waals surface area (Å²) in [5.41, 5.74) is 3.51. The van der Waals surface area contributed by atoms with Crippen LogP contribution in [-0.2, 0) is 0 Å². The summed E-state index contributed by atoms with van der Waals surface area (Å²) in [4.78, 5) is 4.02. The molecule has 2 aromatic carbocycles. The van der Waals surface area contributed by atoms with E-state index in [4.69, 9.17) is 15.2 Å². The summed E-state index contributed by atoms with van der Waals surface area (Å²) < 4.78 is 80.1. The van der Waals surface area contributed by atoms with Gasteiger partial charge < -0.3 is 15.2 Å². The molecule has 0 aliphatic rings. The number of hydrogen-bond donors (Lipinski definition) is 1. The molecule has 0 aliphatic carbocycles. The minimum Gasteiger partial charge on any atom is -0.497 e. The average Bonchev–Trinajstić information content (AvgIpc) is 2.75. The lowest BCUT2D eigenvalue weighted by molar-refractivity contribution is 0.381. The number of hydrogen-bond acceptors (Lipinski definition) is 5. The van der Waals surface area contributed by atoms with Gasteiger partial charge in [-0.3, -0.25) is 0 Å². The second kappa shape index (κ2) is 7.87. The van der Waals surface area contributed by atoms with E-state index >= 15 is 0 Å². The largest absolute Gasteiger partial charge is 0.497 e. The third-order valence-corrected chi connectivity index (χ3v) is 4.32. The van der Waals surface area contributed by atoms with E-state index in [0.717, 1.165) is 6.07 Å². The predicted molar refractivity (Wildman–Crippen MR) is 97.1 cm³/mol. The molecule has 0 bridgehead atoms. The third kappa shape index (κ3) is 3.24. The molecule has 0 fully saturated rings. The Kier molecular flexibility index (Phi) is 5.47. The van der Waals surface area contributed by atoms with Gasteiger partial charge in [-0.15, -0.1) is 0 Å². The van der Waals surface area contributed by atoms with Gasteiger partial charge in [-0.05, 0) is 24.3 Å². The van der Waals surface area contributed by atoms with Crippen molar-refractivity contribution in [1.29, 1.82) is 5.26 Å². The summed E-state index contributed by atoms with van der Waals surface area (Å²) in [6, 6.07) is 7.13. The van der Waals surface area contributed by atoms with Gasteiger partial charge in [0.05, 0.1) is 25.5 Å². The van der Waals surface area contributed by atoms with E-state index in [1.54, 1.807) is 12.1 Å². The first-order chi connectivity index (χ1) is 14.2. The summed E-state index contributed by atoms with van der Waals surface area (Å²) in [6.45, 7) is 0. The molecule has 2 N–H and O–H groups in total. The van der Waals surface area contributed by atoms with Crippen LogP contribution >= 0.6 is 0 Å². The van der Waals surface area contributed by atoms with E-state index in [-0.39, 0.29) is 17.0 Å². The summed E-state index contributed by atoms with van der Waals surface area (Å²) in [5, 5.41) is 9.36. The molecule has 0 radical (unpaired) electrons. The molecule has 30 heavy (non-hydrogen) atoms. The Bertz CT molecular complexity index is 1180. The Morgan fingerprint density at radius 2 is 1.47 bits per heavy atom. The summed E-state index contributed by atoms with van der Waals surface area (Å²) in [5.74, 6) is -10.7. The van der Waals surface area contributed by atoms with Gasteiger partial charge in [-0.25, -0.2) is 26.9 Å². The van der Waals surface area contributed by atoms with E-state index < -0.39 is 51.6 Å². The summed E-state index contributed by atoms with van der Waals surface area (Å²) >= 11 is 0. The fraction of sp³-hybridized carbons (Fsp3) is 0.100. The van der Waals surface area contributed by atoms with Crippen LogP contribution in [0.5, 0.6) is 11.5 Å². The predicted octanol–water partition coefficient (Wildman–Crippen LogP) is 4.58. The molecule has 0 saturated carbocycles. The lowest BCUT2D eigenvalue weighted by atomic mass is 9.96. The maximum Gasteiger partial charge on any atom is 0.200 e. The van der Waals surface area contributed by atoms with E-state index in [2.05, 4.69) is 4.98 Å². The van der Waals surface area contributed by atoms with Gasteiger partial charge in [0.25, 0.3) is 0 Å². The highest BCUT2D eigenvalue weighted by atomic mass is 19.2. The second-order valence-corrected chi connectivity index (χ2v) is 5.94. The van der Waals surface area contributed by atoms with Crippen LogP contribution in [-0.4, -0.2) is 19.2 Å². The van der Waals surface area contributed by atoms with E-state index in [9.17, 15) is 27.2 Å². The molecule has 154 valence electrons. The SMILES string of the molecule is COc1ccc(OC)c(-c2cc(-c3c(F)c(F)c(F)c(F)c3F)c(C#N)c(N)n2)c1. The molecule has 10 heteroatoms. The number of halogens is 5. The Balaban J connectivity index is 2.41. The van der Waals surface area contributed by atoms with Crippen LogP contribution in [0.1, 0.15) is 5.56 Å². The maximum absolute atomic E-state index is 14.4. The maximum atomic E-state index is 14.4. The number of pyridine rings is 1. The minimum absolute atomic E-state index is 0.0406. The number of rotatable bonds is 4. The number of nitriles is 1. The number of nitrogens with zero attached hydrogens (tertiary/aromatic N) is 2. The Hall–Kier alpha value is -3.87. The molecule has 0 saturated heterocycles. The fourth-order valence-corrected chi connectivity index (χ4v) is 2.87. The number of aromatic nitrogens is 1. The van der Waals surface area contributed by atoms with Gasteiger partial charge in [-0.1, -0.05) is 0 Å². The van der Waals surface area contributed by atoms with Gasteiger partial charge in [0.2, 0.25) is 5.82 Å². The van der Waals surface area contributed by atoms with E-state index in [1.165, 1.54) is 26.4 Å². The highest BCUT2D eigenvalue weighted by Gasteiger charge is 2.29. The monoisotopic (exact) mass is 421 g/mol. The van der Waals surface area contributed by atoms with Crippen LogP contribution in [0.15, 0.2) is 24.3 Å². The number of anilines is 1. The molecule has 0 atom stereocenters. The first kappa shape index (κ1) is 20.9. The Morgan fingerprint density at radius 1 is 0.867 bits per heavy atom. The van der Waals surface area contributed by atoms with Crippen molar-refractivity contribution in [2.24, 2.45) is 0 Å². The number of methoxy groups -OCH3 is 2. The van der Waals surface area contributed by atoms with Crippen molar-refractivity contribution in [3.8, 4) is 40.0 Å². The first-order valence-corrected chi connectivity index (χ1v) is 8.19. The van der Waals surface area contributed by atoms with Gasteiger partial charge >= 0.3 is 0 Å². The van der Waals surface area contributed by atoms with Gasteiger partial charge in [0.1, 0.15) is 28.9 Å². The zero-order valence-electron chi connectivity index (χ0n) is 15.5. The molecule has 1 heterocycles. The smallest absolute Gasteiger partial charge is 0.200 e. The fourth-order valence-electron chi connectivity index (χ4n) is 2.87. The van der Waals surface area contributed by atoms with Crippen molar-refractivity contribution < 1.29 is 31.4 Å². The summed E-state index contributed by atoms with van der Waals surface area (Å²) in [6.07, 6.45) is 0. The van der Waals surface area contributed by atoms with Crippen LogP contribution in [0.2, 0.25) is 0 Å². The van der Waals surface area contributed by atoms with Gasteiger partial charge in [0.15, 0.2) is 23.3 Å². The molecule has 0 amide bonds. The van der Waals surface area contributed by atoms with Crippen LogP contribution in [0.3, 0.4) is 0 Å². The van der Waals surface area contributed by atoms with E-state index in [1.807, 2.05) is 0 Å². The molecule has 0 spiro atoms. The molecule has 3 aromatic rings. The number of benzene rings is 2. The van der Waals surface area contributed by atoms with Crippen molar-refractivity contribution in [3.63, 3.8) is 0 Å². The molecular weight excluding hydrogens is 409 g/mol. The van der Waals surface area contributed by atoms with E-state index in [0.29, 0.717) is 5.75 Å². The summed E-state index contributed by atoms with van der Waals surface area (Å²) in [7, 11) is 2.75. The third-order valence-electron chi connectivity index (χ3n) is 4.32. The van der Waals surface area contributed by atoms with Crippen LogP contribution in [0.4, 0.5) is 27.8 Å². The zero-order chi connectivity index (χ0) is 22.2. The van der Waals surface area contributed by atoms with Crippen LogP contribution in [0.25, 0.3) is 22.4 Å². The minimum atomic E-state index is -2.32. The molecular formula is C20H12F5N3O2. The number of nitrogens with two attached hydrogens (primary N) is 1. The highest BCUT2D eigenvalue weighted by molar-refractivity contribution is 5.82. The second-order valence-electron chi connectivity index (χ2n) is 5.94. The Morgan fingerprint density at radius 3 is 2.00 bits per heavy atom. The number of ether oxygens (including phenoxy) is 2. The van der Waals surface area contributed by atoms with Gasteiger partial charge in [-0.2, -0.15) is 5.26 Å². The normalized spacial score (nSPS) is 10.6. The van der Waals surface area contributed by atoms with Crippen LogP contribution in [0, 0.1) is 40.4 Å². The van der Waals surface area contributed by atoms with Crippen molar-refractivity contribution in [2.75, 3.05) is 20.0 Å². The van der Waals surface area contributed by atoms with Gasteiger partial charge in [0, 0.05) is 11.1 Å². The van der Waals surface area contributed by atoms with Crippen molar-refractivity contribution >= 4 is 5.82 Å². The van der Waals surface area contributed by atoms with Crippen molar-refractivity contribution in [2.45, 2.75) is 0 Å². The standard InChI is InChI=1S/C20H12F5N3O2/c1-29-8-3-4-13(30-2)10(5-8)12-6-9(11(7-26)20(27)28-12)14-15(21)17(23)19(25)18(24)16(14)22/h3-6H,1-2H3,(H2,27,28). The zero-order valence-corrected chi connectivity index (χ0v) is 15.5. The molecule has 1 aromatic heterocycles. The molecule has 5 nitrogen and oxygen atoms in total. The number of nitrogen functional groups attached to an aromatic ring is 1. The lowest BCUT2D eigenvalue weighted by Gasteiger charge is -2.15.